The molecular formula is C24H22F3N7O2. The number of benzene rings is 2. The summed E-state index contributed by atoms with van der Waals surface area (Å²) in [6, 6.07) is 13.2. The van der Waals surface area contributed by atoms with Crippen LogP contribution in [0.3, 0.4) is 0 Å². The lowest BCUT2D eigenvalue weighted by Gasteiger charge is -2.34. The van der Waals surface area contributed by atoms with Gasteiger partial charge in [-0.2, -0.15) is 33.4 Å². The Morgan fingerprint density at radius 3 is 2.44 bits per heavy atom. The second kappa shape index (κ2) is 10.5. The van der Waals surface area contributed by atoms with Gasteiger partial charge in [0.25, 0.3) is 5.91 Å². The predicted octanol–water partition coefficient (Wildman–Crippen LogP) is 3.87. The first-order valence-electron chi connectivity index (χ1n) is 11.1. The first-order valence-corrected chi connectivity index (χ1v) is 11.1. The van der Waals surface area contributed by atoms with Gasteiger partial charge in [0.2, 0.25) is 11.9 Å². The van der Waals surface area contributed by atoms with E-state index in [1.54, 1.807) is 36.1 Å². The van der Waals surface area contributed by atoms with Crippen LogP contribution >= 0.6 is 0 Å². The normalized spacial score (nSPS) is 13.8. The molecule has 3 aromatic rings. The quantitative estimate of drug-likeness (QED) is 0.547. The van der Waals surface area contributed by atoms with E-state index in [1.807, 2.05) is 11.0 Å². The number of nitrogens with zero attached hydrogens (tertiary/aromatic N) is 6. The Morgan fingerprint density at radius 2 is 1.81 bits per heavy atom. The van der Waals surface area contributed by atoms with Gasteiger partial charge < -0.3 is 19.9 Å². The molecule has 1 aliphatic heterocycles. The molecule has 1 aromatic heterocycles. The van der Waals surface area contributed by atoms with Crippen LogP contribution in [0.1, 0.15) is 28.4 Å². The number of carbonyl (C=O) groups excluding carboxylic acids is 1. The summed E-state index contributed by atoms with van der Waals surface area (Å²) >= 11 is 0. The van der Waals surface area contributed by atoms with Crippen molar-refractivity contribution >= 4 is 23.5 Å². The summed E-state index contributed by atoms with van der Waals surface area (Å²) in [4.78, 5) is 29.2. The summed E-state index contributed by atoms with van der Waals surface area (Å²) in [5.74, 6) is 0.184. The first kappa shape index (κ1) is 24.7. The van der Waals surface area contributed by atoms with Crippen LogP contribution in [0.4, 0.5) is 30.8 Å². The Balaban J connectivity index is 1.48. The van der Waals surface area contributed by atoms with Crippen molar-refractivity contribution < 1.29 is 22.7 Å². The number of halogens is 3. The van der Waals surface area contributed by atoms with Gasteiger partial charge in [-0.1, -0.05) is 6.07 Å². The maximum absolute atomic E-state index is 13.1. The van der Waals surface area contributed by atoms with Gasteiger partial charge in [0.05, 0.1) is 23.8 Å². The highest BCUT2D eigenvalue weighted by Crippen LogP contribution is 2.31. The molecular weight excluding hydrogens is 475 g/mol. The zero-order valence-electron chi connectivity index (χ0n) is 19.3. The fourth-order valence-electron chi connectivity index (χ4n) is 3.62. The number of rotatable bonds is 6. The average molecular weight is 497 g/mol. The SMILES string of the molecule is CCOc1nc(Nc2cccc(C(F)(F)F)c2)nc(N2CCN(C(=O)c3ccc(C#N)cc3)CC2)n1. The first-order chi connectivity index (χ1) is 17.3. The van der Waals surface area contributed by atoms with Crippen LogP contribution < -0.4 is 15.0 Å². The van der Waals surface area contributed by atoms with Gasteiger partial charge in [-0.15, -0.1) is 0 Å². The van der Waals surface area contributed by atoms with Gasteiger partial charge in [-0.25, -0.2) is 0 Å². The molecule has 1 saturated heterocycles. The molecule has 0 radical (unpaired) electrons. The monoisotopic (exact) mass is 497 g/mol. The second-order valence-electron chi connectivity index (χ2n) is 7.85. The van der Waals surface area contributed by atoms with Crippen LogP contribution in [0.25, 0.3) is 0 Å². The van der Waals surface area contributed by atoms with Gasteiger partial charge in [0, 0.05) is 37.4 Å². The molecule has 0 atom stereocenters. The van der Waals surface area contributed by atoms with Crippen LogP contribution in [-0.4, -0.2) is 58.5 Å². The standard InChI is InChI=1S/C24H22F3N7O2/c1-2-36-23-31-21(29-19-5-3-4-18(14-19)24(25,26)27)30-22(32-23)34-12-10-33(11-13-34)20(35)17-8-6-16(15-28)7-9-17/h3-9,14H,2,10-13H2,1H3,(H,29,30,31,32). The minimum atomic E-state index is -4.48. The number of alkyl halides is 3. The highest BCUT2D eigenvalue weighted by molar-refractivity contribution is 5.94. The molecule has 2 aromatic carbocycles. The number of aromatic nitrogens is 3. The maximum atomic E-state index is 13.1. The van der Waals surface area contributed by atoms with Crippen molar-refractivity contribution in [3.8, 4) is 12.1 Å². The van der Waals surface area contributed by atoms with Gasteiger partial charge in [-0.05, 0) is 49.4 Å². The van der Waals surface area contributed by atoms with Crippen LogP contribution in [0.5, 0.6) is 6.01 Å². The molecule has 1 aliphatic rings. The highest BCUT2D eigenvalue weighted by Gasteiger charge is 2.30. The van der Waals surface area contributed by atoms with Crippen molar-refractivity contribution in [1.29, 1.82) is 5.26 Å². The van der Waals surface area contributed by atoms with Crippen LogP contribution in [-0.2, 0) is 6.18 Å². The number of hydrogen-bond donors (Lipinski definition) is 1. The lowest BCUT2D eigenvalue weighted by atomic mass is 10.1. The number of ether oxygens (including phenoxy) is 1. The Labute approximate surface area is 205 Å². The third kappa shape index (κ3) is 5.80. The minimum absolute atomic E-state index is 0.0352. The zero-order chi connectivity index (χ0) is 25.7. The average Bonchev–Trinajstić information content (AvgIpc) is 2.88. The number of piperazine rings is 1. The van der Waals surface area contributed by atoms with E-state index in [-0.39, 0.29) is 29.5 Å². The number of hydrogen-bond acceptors (Lipinski definition) is 8. The molecule has 1 fully saturated rings. The summed E-state index contributed by atoms with van der Waals surface area (Å²) in [6.07, 6.45) is -4.48. The van der Waals surface area contributed by atoms with E-state index in [9.17, 15) is 18.0 Å². The molecule has 4 rings (SSSR count). The molecule has 1 N–H and O–H groups in total. The van der Waals surface area contributed by atoms with E-state index in [0.717, 1.165) is 12.1 Å². The molecule has 186 valence electrons. The Morgan fingerprint density at radius 1 is 1.08 bits per heavy atom. The van der Waals surface area contributed by atoms with E-state index in [4.69, 9.17) is 10.00 Å². The maximum Gasteiger partial charge on any atom is 0.416 e. The third-order valence-electron chi connectivity index (χ3n) is 5.43. The third-order valence-corrected chi connectivity index (χ3v) is 5.43. The number of nitrogens with one attached hydrogen (secondary N) is 1. The summed E-state index contributed by atoms with van der Waals surface area (Å²) in [5.41, 5.74) is 0.344. The predicted molar refractivity (Wildman–Crippen MR) is 125 cm³/mol. The van der Waals surface area contributed by atoms with Crippen molar-refractivity contribution in [1.82, 2.24) is 19.9 Å². The fourth-order valence-corrected chi connectivity index (χ4v) is 3.62. The molecule has 0 bridgehead atoms. The lowest BCUT2D eigenvalue weighted by Crippen LogP contribution is -2.49. The molecule has 1 amide bonds. The van der Waals surface area contributed by atoms with Gasteiger partial charge in [0.15, 0.2) is 0 Å². The van der Waals surface area contributed by atoms with Crippen LogP contribution in [0.15, 0.2) is 48.5 Å². The van der Waals surface area contributed by atoms with Crippen molar-refractivity contribution in [2.24, 2.45) is 0 Å². The Kier molecular flexibility index (Phi) is 7.19. The van der Waals surface area contributed by atoms with Gasteiger partial charge >= 0.3 is 12.2 Å². The second-order valence-corrected chi connectivity index (χ2v) is 7.85. The van der Waals surface area contributed by atoms with E-state index in [1.165, 1.54) is 12.1 Å². The molecule has 2 heterocycles. The summed E-state index contributed by atoms with van der Waals surface area (Å²) in [6.45, 7) is 3.73. The molecule has 9 nitrogen and oxygen atoms in total. The summed E-state index contributed by atoms with van der Waals surface area (Å²) in [7, 11) is 0. The summed E-state index contributed by atoms with van der Waals surface area (Å²) < 4.78 is 44.7. The van der Waals surface area contributed by atoms with Crippen molar-refractivity contribution in [3.05, 3.63) is 65.2 Å². The number of carbonyl (C=O) groups is 1. The van der Waals surface area contributed by atoms with E-state index < -0.39 is 11.7 Å². The largest absolute Gasteiger partial charge is 0.464 e. The van der Waals surface area contributed by atoms with E-state index >= 15 is 0 Å². The Bertz CT molecular complexity index is 1270. The molecule has 0 spiro atoms. The zero-order valence-corrected chi connectivity index (χ0v) is 19.3. The topological polar surface area (TPSA) is 107 Å². The van der Waals surface area contributed by atoms with Crippen LogP contribution in [0.2, 0.25) is 0 Å². The van der Waals surface area contributed by atoms with E-state index in [2.05, 4.69) is 20.3 Å². The number of amides is 1. The van der Waals surface area contributed by atoms with Crippen LogP contribution in [0, 0.1) is 11.3 Å². The molecule has 36 heavy (non-hydrogen) atoms. The van der Waals surface area contributed by atoms with Gasteiger partial charge in [0.1, 0.15) is 0 Å². The van der Waals surface area contributed by atoms with Crippen molar-refractivity contribution in [2.45, 2.75) is 13.1 Å². The van der Waals surface area contributed by atoms with Gasteiger partial charge in [-0.3, -0.25) is 4.79 Å². The highest BCUT2D eigenvalue weighted by atomic mass is 19.4. The number of nitriles is 1. The van der Waals surface area contributed by atoms with E-state index in [0.29, 0.717) is 43.9 Å². The van der Waals surface area contributed by atoms with Crippen molar-refractivity contribution in [2.75, 3.05) is 43.0 Å². The molecule has 0 saturated carbocycles. The molecule has 12 heteroatoms. The minimum Gasteiger partial charge on any atom is -0.464 e. The lowest BCUT2D eigenvalue weighted by molar-refractivity contribution is -0.137. The number of anilines is 3. The smallest absolute Gasteiger partial charge is 0.416 e. The summed E-state index contributed by atoms with van der Waals surface area (Å²) in [5, 5.41) is 11.7. The van der Waals surface area contributed by atoms with Crippen molar-refractivity contribution in [3.63, 3.8) is 0 Å². The molecule has 0 aliphatic carbocycles. The molecule has 0 unspecified atom stereocenters. The Hall–Kier alpha value is -4.40. The fraction of sp³-hybridized carbons (Fsp3) is 0.292.